The van der Waals surface area contributed by atoms with Crippen molar-refractivity contribution in [3.63, 3.8) is 0 Å². The lowest BCUT2D eigenvalue weighted by atomic mass is 10.1. The summed E-state index contributed by atoms with van der Waals surface area (Å²) in [6.07, 6.45) is 5.69. The highest BCUT2D eigenvalue weighted by molar-refractivity contribution is 7.58. The minimum absolute atomic E-state index is 0.450. The van der Waals surface area contributed by atoms with E-state index in [-0.39, 0.29) is 0 Å². The van der Waals surface area contributed by atoms with Crippen molar-refractivity contribution in [1.82, 2.24) is 0 Å². The van der Waals surface area contributed by atoms with Gasteiger partial charge < -0.3 is 9.05 Å². The highest BCUT2D eigenvalue weighted by atomic mass is 31.2. The second-order valence-corrected chi connectivity index (χ2v) is 6.22. The fraction of sp³-hybridized carbons (Fsp3) is 0.818. The summed E-state index contributed by atoms with van der Waals surface area (Å²) in [4.78, 5) is 0. The van der Waals surface area contributed by atoms with E-state index in [0.717, 1.165) is 18.2 Å². The maximum Gasteiger partial charge on any atom is 0.357 e. The van der Waals surface area contributed by atoms with Gasteiger partial charge in [0.25, 0.3) is 0 Å². The zero-order valence-corrected chi connectivity index (χ0v) is 10.3. The van der Waals surface area contributed by atoms with E-state index in [1.54, 1.807) is 0 Å². The van der Waals surface area contributed by atoms with Gasteiger partial charge in [-0.3, -0.25) is 4.57 Å². The van der Waals surface area contributed by atoms with Gasteiger partial charge in [0.05, 0.1) is 13.2 Å². The minimum Gasteiger partial charge on any atom is -0.306 e. The SMILES string of the molecule is CCOP(=O)(OCC)C1=C[C@@H]2CC[C@H]1C2. The molecule has 0 N–H and O–H groups in total. The molecule has 0 radical (unpaired) electrons. The zero-order chi connectivity index (χ0) is 10.9. The van der Waals surface area contributed by atoms with E-state index in [1.807, 2.05) is 13.8 Å². The standard InChI is InChI=1S/C11H19O3P/c1-3-13-15(12,14-4-2)11-8-9-5-6-10(11)7-9/h8-10H,3-7H2,1-2H3/t9-,10+/m1/s1. The Bertz CT molecular complexity index is 301. The summed E-state index contributed by atoms with van der Waals surface area (Å²) in [5.41, 5.74) is 0. The van der Waals surface area contributed by atoms with E-state index in [0.29, 0.717) is 25.0 Å². The van der Waals surface area contributed by atoms with Crippen LogP contribution in [0.3, 0.4) is 0 Å². The molecule has 2 aliphatic carbocycles. The smallest absolute Gasteiger partial charge is 0.306 e. The number of rotatable bonds is 5. The first-order chi connectivity index (χ1) is 7.19. The van der Waals surface area contributed by atoms with Gasteiger partial charge in [-0.15, -0.1) is 0 Å². The van der Waals surface area contributed by atoms with Crippen LogP contribution >= 0.6 is 7.60 Å². The summed E-state index contributed by atoms with van der Waals surface area (Å²) >= 11 is 0. The molecule has 0 heterocycles. The molecule has 0 aromatic carbocycles. The molecule has 15 heavy (non-hydrogen) atoms. The molecular formula is C11H19O3P. The van der Waals surface area contributed by atoms with Crippen molar-refractivity contribution in [1.29, 1.82) is 0 Å². The van der Waals surface area contributed by atoms with Crippen molar-refractivity contribution in [3.05, 3.63) is 11.4 Å². The summed E-state index contributed by atoms with van der Waals surface area (Å²) in [6.45, 7) is 4.62. The molecule has 2 rings (SSSR count). The van der Waals surface area contributed by atoms with Crippen molar-refractivity contribution in [3.8, 4) is 0 Å². The highest BCUT2D eigenvalue weighted by Gasteiger charge is 2.43. The van der Waals surface area contributed by atoms with E-state index in [9.17, 15) is 4.57 Å². The predicted octanol–water partition coefficient (Wildman–Crippen LogP) is 3.57. The molecular weight excluding hydrogens is 211 g/mol. The molecule has 1 saturated carbocycles. The van der Waals surface area contributed by atoms with Crippen LogP contribution in [-0.4, -0.2) is 13.2 Å². The van der Waals surface area contributed by atoms with Crippen LogP contribution in [0.5, 0.6) is 0 Å². The fourth-order valence-electron chi connectivity index (χ4n) is 2.66. The Labute approximate surface area is 91.4 Å². The van der Waals surface area contributed by atoms with Crippen LogP contribution in [0.4, 0.5) is 0 Å². The Hall–Kier alpha value is -0.110. The van der Waals surface area contributed by atoms with Gasteiger partial charge in [0.2, 0.25) is 0 Å². The lowest BCUT2D eigenvalue weighted by Crippen LogP contribution is -2.04. The molecule has 0 aromatic heterocycles. The lowest BCUT2D eigenvalue weighted by Gasteiger charge is -2.22. The molecule has 0 spiro atoms. The van der Waals surface area contributed by atoms with Gasteiger partial charge in [-0.25, -0.2) is 0 Å². The number of allylic oxidation sites excluding steroid dienone is 2. The molecule has 2 aliphatic rings. The van der Waals surface area contributed by atoms with E-state index in [2.05, 4.69) is 6.08 Å². The third-order valence-electron chi connectivity index (χ3n) is 3.21. The molecule has 0 aliphatic heterocycles. The average Bonchev–Trinajstić information content (AvgIpc) is 2.79. The normalized spacial score (nSPS) is 29.6. The van der Waals surface area contributed by atoms with Gasteiger partial charge in [-0.1, -0.05) is 6.08 Å². The first kappa shape index (κ1) is 11.4. The van der Waals surface area contributed by atoms with Crippen molar-refractivity contribution in [2.75, 3.05) is 13.2 Å². The Morgan fingerprint density at radius 2 is 2.00 bits per heavy atom. The Balaban J connectivity index is 2.18. The summed E-state index contributed by atoms with van der Waals surface area (Å²) in [5, 5.41) is 0.961. The van der Waals surface area contributed by atoms with Crippen LogP contribution in [0, 0.1) is 11.8 Å². The molecule has 0 aromatic rings. The largest absolute Gasteiger partial charge is 0.357 e. The minimum atomic E-state index is -2.95. The molecule has 4 heteroatoms. The monoisotopic (exact) mass is 230 g/mol. The van der Waals surface area contributed by atoms with E-state index >= 15 is 0 Å². The molecule has 3 nitrogen and oxygen atoms in total. The maximum atomic E-state index is 12.5. The van der Waals surface area contributed by atoms with Crippen molar-refractivity contribution in [2.24, 2.45) is 11.8 Å². The Morgan fingerprint density at radius 1 is 1.33 bits per heavy atom. The van der Waals surface area contributed by atoms with E-state index in [1.165, 1.54) is 6.42 Å². The molecule has 0 saturated heterocycles. The fourth-order valence-corrected chi connectivity index (χ4v) is 4.78. The molecule has 2 atom stereocenters. The molecule has 86 valence electrons. The number of fused-ring (bicyclic) bond motifs is 2. The summed E-state index contributed by atoms with van der Waals surface area (Å²) in [5.74, 6) is 1.08. The van der Waals surface area contributed by atoms with Crippen LogP contribution < -0.4 is 0 Å². The summed E-state index contributed by atoms with van der Waals surface area (Å²) < 4.78 is 23.2. The van der Waals surface area contributed by atoms with Gasteiger partial charge in [0.15, 0.2) is 0 Å². The average molecular weight is 230 g/mol. The zero-order valence-electron chi connectivity index (χ0n) is 9.44. The predicted molar refractivity (Wildman–Crippen MR) is 59.8 cm³/mol. The van der Waals surface area contributed by atoms with Crippen LogP contribution in [0.2, 0.25) is 0 Å². The first-order valence-electron chi connectivity index (χ1n) is 5.81. The second-order valence-electron chi connectivity index (χ2n) is 4.19. The number of hydrogen-bond acceptors (Lipinski definition) is 3. The van der Waals surface area contributed by atoms with Crippen molar-refractivity contribution >= 4 is 7.60 Å². The van der Waals surface area contributed by atoms with Crippen LogP contribution in [0.15, 0.2) is 11.4 Å². The third kappa shape index (κ3) is 2.06. The van der Waals surface area contributed by atoms with Gasteiger partial charge in [-0.05, 0) is 44.9 Å². The third-order valence-corrected chi connectivity index (χ3v) is 5.56. The highest BCUT2D eigenvalue weighted by Crippen LogP contribution is 2.65. The molecule has 0 amide bonds. The molecule has 0 unspecified atom stereocenters. The van der Waals surface area contributed by atoms with Crippen molar-refractivity contribution in [2.45, 2.75) is 33.1 Å². The van der Waals surface area contributed by atoms with Gasteiger partial charge >= 0.3 is 7.60 Å². The van der Waals surface area contributed by atoms with Gasteiger partial charge in [0.1, 0.15) is 0 Å². The Morgan fingerprint density at radius 3 is 2.40 bits per heavy atom. The quantitative estimate of drug-likeness (QED) is 0.677. The van der Waals surface area contributed by atoms with E-state index in [4.69, 9.17) is 9.05 Å². The van der Waals surface area contributed by atoms with Gasteiger partial charge in [0, 0.05) is 5.31 Å². The second kappa shape index (κ2) is 4.40. The maximum absolute atomic E-state index is 12.5. The molecule has 2 bridgehead atoms. The topological polar surface area (TPSA) is 35.5 Å². The van der Waals surface area contributed by atoms with E-state index < -0.39 is 7.60 Å². The van der Waals surface area contributed by atoms with Crippen LogP contribution in [-0.2, 0) is 13.6 Å². The lowest BCUT2D eigenvalue weighted by molar-refractivity contribution is 0.223. The number of hydrogen-bond donors (Lipinski definition) is 0. The summed E-state index contributed by atoms with van der Waals surface area (Å²) in [6, 6.07) is 0. The molecule has 1 fully saturated rings. The van der Waals surface area contributed by atoms with Crippen LogP contribution in [0.1, 0.15) is 33.1 Å². The summed E-state index contributed by atoms with van der Waals surface area (Å²) in [7, 11) is -2.95. The first-order valence-corrected chi connectivity index (χ1v) is 7.35. The Kier molecular flexibility index (Phi) is 3.34. The van der Waals surface area contributed by atoms with Crippen LogP contribution in [0.25, 0.3) is 0 Å². The van der Waals surface area contributed by atoms with Crippen molar-refractivity contribution < 1.29 is 13.6 Å². The van der Waals surface area contributed by atoms with Gasteiger partial charge in [-0.2, -0.15) is 0 Å².